The standard InChI is InChI=1S/C20H20N4O3/c1-24(13-19(25)21-15-9-6-10-16(11-15)27-2)20(26)18-12-17(22-23-18)14-7-4-3-5-8-14/h3-12H,13H2,1-2H3,(H,21,25)(H,22,23). The summed E-state index contributed by atoms with van der Waals surface area (Å²) in [6, 6.07) is 18.2. The van der Waals surface area contributed by atoms with Crippen LogP contribution in [0, 0.1) is 0 Å². The van der Waals surface area contributed by atoms with Gasteiger partial charge in [0, 0.05) is 24.4 Å². The molecule has 2 aromatic carbocycles. The molecule has 1 heterocycles. The third kappa shape index (κ3) is 4.52. The van der Waals surface area contributed by atoms with Crippen LogP contribution in [0.15, 0.2) is 60.7 Å². The topological polar surface area (TPSA) is 87.3 Å². The molecule has 7 nitrogen and oxygen atoms in total. The fourth-order valence-corrected chi connectivity index (χ4v) is 2.58. The molecule has 0 aliphatic heterocycles. The number of aromatic nitrogens is 2. The number of nitrogens with zero attached hydrogens (tertiary/aromatic N) is 2. The highest BCUT2D eigenvalue weighted by atomic mass is 16.5. The molecule has 0 fully saturated rings. The van der Waals surface area contributed by atoms with Crippen LogP contribution in [-0.2, 0) is 4.79 Å². The molecule has 3 aromatic rings. The second kappa shape index (κ2) is 8.18. The molecule has 1 aromatic heterocycles. The third-order valence-corrected chi connectivity index (χ3v) is 3.96. The number of methoxy groups -OCH3 is 1. The van der Waals surface area contributed by atoms with Crippen LogP contribution in [-0.4, -0.2) is 47.6 Å². The van der Waals surface area contributed by atoms with E-state index >= 15 is 0 Å². The van der Waals surface area contributed by atoms with Gasteiger partial charge in [0.15, 0.2) is 0 Å². The first-order chi connectivity index (χ1) is 13.1. The number of ether oxygens (including phenoxy) is 1. The number of H-pyrrole nitrogens is 1. The number of hydrogen-bond donors (Lipinski definition) is 2. The van der Waals surface area contributed by atoms with E-state index in [1.54, 1.807) is 44.5 Å². The van der Waals surface area contributed by atoms with Crippen LogP contribution in [0.3, 0.4) is 0 Å². The highest BCUT2D eigenvalue weighted by Crippen LogP contribution is 2.18. The summed E-state index contributed by atoms with van der Waals surface area (Å²) in [6.45, 7) is -0.0876. The van der Waals surface area contributed by atoms with Crippen molar-refractivity contribution < 1.29 is 14.3 Å². The number of likely N-dealkylation sites (N-methyl/N-ethyl adjacent to an activating group) is 1. The first-order valence-electron chi connectivity index (χ1n) is 8.37. The predicted molar refractivity (Wildman–Crippen MR) is 103 cm³/mol. The monoisotopic (exact) mass is 364 g/mol. The zero-order valence-corrected chi connectivity index (χ0v) is 15.1. The maximum atomic E-state index is 12.5. The Morgan fingerprint density at radius 1 is 1.11 bits per heavy atom. The molecule has 2 amide bonds. The van der Waals surface area contributed by atoms with Crippen molar-refractivity contribution in [1.29, 1.82) is 0 Å². The average Bonchev–Trinajstić information content (AvgIpc) is 3.18. The Bertz CT molecular complexity index is 937. The lowest BCUT2D eigenvalue weighted by Gasteiger charge is -2.16. The van der Waals surface area contributed by atoms with Gasteiger partial charge in [-0.3, -0.25) is 14.7 Å². The van der Waals surface area contributed by atoms with Crippen LogP contribution in [0.4, 0.5) is 5.69 Å². The zero-order chi connectivity index (χ0) is 19.2. The smallest absolute Gasteiger partial charge is 0.272 e. The maximum absolute atomic E-state index is 12.5. The molecule has 0 atom stereocenters. The number of nitrogens with one attached hydrogen (secondary N) is 2. The lowest BCUT2D eigenvalue weighted by molar-refractivity contribution is -0.116. The molecular weight excluding hydrogens is 344 g/mol. The number of rotatable bonds is 6. The number of amides is 2. The van der Waals surface area contributed by atoms with Gasteiger partial charge in [-0.1, -0.05) is 36.4 Å². The minimum absolute atomic E-state index is 0.0876. The lowest BCUT2D eigenvalue weighted by Crippen LogP contribution is -2.35. The SMILES string of the molecule is COc1cccc(NC(=O)CN(C)C(=O)c2cc(-c3ccccc3)n[nH]2)c1. The van der Waals surface area contributed by atoms with Crippen LogP contribution in [0.25, 0.3) is 11.3 Å². The summed E-state index contributed by atoms with van der Waals surface area (Å²) in [7, 11) is 3.12. The Kier molecular flexibility index (Phi) is 5.51. The molecule has 0 unspecified atom stereocenters. The molecule has 0 radical (unpaired) electrons. The van der Waals surface area contributed by atoms with E-state index in [1.807, 2.05) is 30.3 Å². The Hall–Kier alpha value is -3.61. The number of anilines is 1. The van der Waals surface area contributed by atoms with Crippen LogP contribution in [0.1, 0.15) is 10.5 Å². The van der Waals surface area contributed by atoms with Gasteiger partial charge in [-0.2, -0.15) is 5.10 Å². The molecule has 2 N–H and O–H groups in total. The Morgan fingerprint density at radius 3 is 2.63 bits per heavy atom. The Labute approximate surface area is 157 Å². The second-order valence-corrected chi connectivity index (χ2v) is 5.97. The van der Waals surface area contributed by atoms with Crippen LogP contribution >= 0.6 is 0 Å². The predicted octanol–water partition coefficient (Wildman–Crippen LogP) is 2.80. The van der Waals surface area contributed by atoms with Gasteiger partial charge >= 0.3 is 0 Å². The fourth-order valence-electron chi connectivity index (χ4n) is 2.58. The maximum Gasteiger partial charge on any atom is 0.272 e. The second-order valence-electron chi connectivity index (χ2n) is 5.97. The molecule has 0 bridgehead atoms. The molecule has 0 saturated carbocycles. The van der Waals surface area contributed by atoms with Crippen molar-refractivity contribution in [2.75, 3.05) is 26.0 Å². The lowest BCUT2D eigenvalue weighted by atomic mass is 10.1. The first-order valence-corrected chi connectivity index (χ1v) is 8.37. The third-order valence-electron chi connectivity index (χ3n) is 3.96. The summed E-state index contributed by atoms with van der Waals surface area (Å²) in [5.74, 6) is 0.0236. The van der Waals surface area contributed by atoms with Gasteiger partial charge in [0.05, 0.1) is 19.3 Å². The fraction of sp³-hybridized carbons (Fsp3) is 0.150. The summed E-state index contributed by atoms with van der Waals surface area (Å²) in [5.41, 5.74) is 2.51. The van der Waals surface area contributed by atoms with Gasteiger partial charge in [-0.05, 0) is 18.2 Å². The van der Waals surface area contributed by atoms with Gasteiger partial charge in [0.1, 0.15) is 11.4 Å². The van der Waals surface area contributed by atoms with Gasteiger partial charge in [-0.25, -0.2) is 0 Å². The molecule has 3 rings (SSSR count). The van der Waals surface area contributed by atoms with Gasteiger partial charge in [0.2, 0.25) is 5.91 Å². The van der Waals surface area contributed by atoms with Crippen molar-refractivity contribution in [3.8, 4) is 17.0 Å². The molecule has 138 valence electrons. The molecule has 0 saturated heterocycles. The quantitative estimate of drug-likeness (QED) is 0.704. The number of hydrogen-bond acceptors (Lipinski definition) is 4. The Balaban J connectivity index is 1.62. The van der Waals surface area contributed by atoms with Crippen molar-refractivity contribution in [3.63, 3.8) is 0 Å². The first kappa shape index (κ1) is 18.2. The van der Waals surface area contributed by atoms with E-state index in [2.05, 4.69) is 15.5 Å². The number of carbonyl (C=O) groups excluding carboxylic acids is 2. The summed E-state index contributed by atoms with van der Waals surface area (Å²) in [5, 5.41) is 9.65. The van der Waals surface area contributed by atoms with E-state index in [1.165, 1.54) is 4.90 Å². The van der Waals surface area contributed by atoms with Crippen molar-refractivity contribution in [2.45, 2.75) is 0 Å². The largest absolute Gasteiger partial charge is 0.497 e. The molecule has 0 aliphatic carbocycles. The Morgan fingerprint density at radius 2 is 1.89 bits per heavy atom. The van der Waals surface area contributed by atoms with Crippen LogP contribution < -0.4 is 10.1 Å². The summed E-state index contributed by atoms with van der Waals surface area (Å²) in [6.07, 6.45) is 0. The van der Waals surface area contributed by atoms with E-state index < -0.39 is 0 Å². The van der Waals surface area contributed by atoms with Crippen molar-refractivity contribution in [3.05, 3.63) is 66.4 Å². The van der Waals surface area contributed by atoms with Crippen LogP contribution in [0.2, 0.25) is 0 Å². The van der Waals surface area contributed by atoms with Gasteiger partial charge in [0.25, 0.3) is 5.91 Å². The molecule has 0 aliphatic rings. The highest BCUT2D eigenvalue weighted by Gasteiger charge is 2.18. The summed E-state index contributed by atoms with van der Waals surface area (Å²) >= 11 is 0. The normalized spacial score (nSPS) is 10.3. The zero-order valence-electron chi connectivity index (χ0n) is 15.1. The molecular formula is C20H20N4O3. The van der Waals surface area contributed by atoms with E-state index in [0.29, 0.717) is 22.8 Å². The van der Waals surface area contributed by atoms with E-state index in [4.69, 9.17) is 4.74 Å². The van der Waals surface area contributed by atoms with Gasteiger partial charge in [-0.15, -0.1) is 0 Å². The number of aromatic amines is 1. The van der Waals surface area contributed by atoms with Crippen molar-refractivity contribution >= 4 is 17.5 Å². The molecule has 0 spiro atoms. The van der Waals surface area contributed by atoms with E-state index in [9.17, 15) is 9.59 Å². The number of benzene rings is 2. The van der Waals surface area contributed by atoms with E-state index in [0.717, 1.165) is 5.56 Å². The van der Waals surface area contributed by atoms with Crippen molar-refractivity contribution in [2.24, 2.45) is 0 Å². The average molecular weight is 364 g/mol. The van der Waals surface area contributed by atoms with Crippen LogP contribution in [0.5, 0.6) is 5.75 Å². The number of carbonyl (C=O) groups is 2. The minimum Gasteiger partial charge on any atom is -0.497 e. The summed E-state index contributed by atoms with van der Waals surface area (Å²) < 4.78 is 5.13. The van der Waals surface area contributed by atoms with E-state index in [-0.39, 0.29) is 18.4 Å². The highest BCUT2D eigenvalue weighted by molar-refractivity contribution is 5.98. The summed E-state index contributed by atoms with van der Waals surface area (Å²) in [4.78, 5) is 26.1. The molecule has 27 heavy (non-hydrogen) atoms. The minimum atomic E-state index is -0.314. The molecule has 7 heteroatoms. The van der Waals surface area contributed by atoms with Gasteiger partial charge < -0.3 is 15.0 Å². The van der Waals surface area contributed by atoms with Crippen molar-refractivity contribution in [1.82, 2.24) is 15.1 Å².